The van der Waals surface area contributed by atoms with Crippen molar-refractivity contribution in [1.82, 2.24) is 0 Å². The van der Waals surface area contributed by atoms with Crippen molar-refractivity contribution >= 4 is 0 Å². The van der Waals surface area contributed by atoms with Crippen LogP contribution in [0.25, 0.3) is 0 Å². The maximum atomic E-state index is 14.0. The molecule has 0 N–H and O–H groups in total. The molecule has 1 nitrogen and oxygen atoms in total. The number of halogens is 1. The summed E-state index contributed by atoms with van der Waals surface area (Å²) in [7, 11) is 1.70. The molecular formula is C19H21FO. The van der Waals surface area contributed by atoms with Gasteiger partial charge in [-0.05, 0) is 72.1 Å². The fraction of sp³-hybridized carbons (Fsp3) is 0.368. The molecule has 2 aromatic carbocycles. The zero-order chi connectivity index (χ0) is 14.8. The van der Waals surface area contributed by atoms with Crippen molar-refractivity contribution in [3.63, 3.8) is 0 Å². The van der Waals surface area contributed by atoms with Crippen molar-refractivity contribution < 1.29 is 9.13 Å². The quantitative estimate of drug-likeness (QED) is 0.796. The van der Waals surface area contributed by atoms with Crippen LogP contribution in [0.15, 0.2) is 36.4 Å². The number of benzene rings is 2. The Hall–Kier alpha value is -1.83. The summed E-state index contributed by atoms with van der Waals surface area (Å²) in [6.45, 7) is 2.03. The van der Waals surface area contributed by atoms with Crippen LogP contribution in [0, 0.1) is 5.82 Å². The lowest BCUT2D eigenvalue weighted by molar-refractivity contribution is 0.413. The average Bonchev–Trinajstić information content (AvgIpc) is 2.53. The first kappa shape index (κ1) is 14.1. The summed E-state index contributed by atoms with van der Waals surface area (Å²) >= 11 is 0. The third-order valence-corrected chi connectivity index (χ3v) is 4.59. The summed E-state index contributed by atoms with van der Waals surface area (Å²) < 4.78 is 19.3. The predicted octanol–water partition coefficient (Wildman–Crippen LogP) is 4.67. The maximum absolute atomic E-state index is 14.0. The summed E-state index contributed by atoms with van der Waals surface area (Å²) in [6, 6.07) is 11.8. The van der Waals surface area contributed by atoms with E-state index in [1.54, 1.807) is 13.2 Å². The molecule has 0 saturated carbocycles. The minimum Gasteiger partial charge on any atom is -0.497 e. The Morgan fingerprint density at radius 2 is 2.05 bits per heavy atom. The number of hydrogen-bond acceptors (Lipinski definition) is 1. The number of ether oxygens (including phenoxy) is 1. The van der Waals surface area contributed by atoms with Crippen LogP contribution in [0.5, 0.6) is 5.75 Å². The highest BCUT2D eigenvalue weighted by molar-refractivity contribution is 5.41. The van der Waals surface area contributed by atoms with Gasteiger partial charge in [-0.15, -0.1) is 0 Å². The lowest BCUT2D eigenvalue weighted by Crippen LogP contribution is -2.15. The van der Waals surface area contributed by atoms with Crippen LogP contribution in [0.1, 0.15) is 41.5 Å². The molecule has 0 amide bonds. The van der Waals surface area contributed by atoms with Gasteiger partial charge in [0.1, 0.15) is 11.6 Å². The van der Waals surface area contributed by atoms with Crippen LogP contribution in [-0.2, 0) is 19.3 Å². The molecule has 0 fully saturated rings. The Kier molecular flexibility index (Phi) is 3.96. The van der Waals surface area contributed by atoms with Gasteiger partial charge in [0, 0.05) is 0 Å². The Balaban J connectivity index is 1.91. The molecule has 2 aromatic rings. The maximum Gasteiger partial charge on any atom is 0.126 e. The predicted molar refractivity (Wildman–Crippen MR) is 83.5 cm³/mol. The van der Waals surface area contributed by atoms with Gasteiger partial charge in [0.25, 0.3) is 0 Å². The highest BCUT2D eigenvalue weighted by atomic mass is 19.1. The normalized spacial score (nSPS) is 17.4. The first-order valence-electron chi connectivity index (χ1n) is 7.66. The molecular weight excluding hydrogens is 263 g/mol. The molecule has 0 aliphatic heterocycles. The average molecular weight is 284 g/mol. The van der Waals surface area contributed by atoms with E-state index in [-0.39, 0.29) is 5.82 Å². The molecule has 0 radical (unpaired) electrons. The number of aryl methyl sites for hydroxylation is 1. The van der Waals surface area contributed by atoms with Crippen LogP contribution >= 0.6 is 0 Å². The van der Waals surface area contributed by atoms with E-state index < -0.39 is 0 Å². The molecule has 0 bridgehead atoms. The van der Waals surface area contributed by atoms with Crippen molar-refractivity contribution in [3.05, 3.63) is 64.5 Å². The van der Waals surface area contributed by atoms with Gasteiger partial charge in [-0.25, -0.2) is 4.39 Å². The third kappa shape index (κ3) is 2.67. The fourth-order valence-corrected chi connectivity index (χ4v) is 3.45. The van der Waals surface area contributed by atoms with E-state index in [9.17, 15) is 4.39 Å². The van der Waals surface area contributed by atoms with Crippen molar-refractivity contribution in [1.29, 1.82) is 0 Å². The lowest BCUT2D eigenvalue weighted by atomic mass is 9.78. The largest absolute Gasteiger partial charge is 0.497 e. The van der Waals surface area contributed by atoms with Gasteiger partial charge in [-0.3, -0.25) is 0 Å². The Bertz CT molecular complexity index is 648. The monoisotopic (exact) mass is 284 g/mol. The molecule has 3 rings (SSSR count). The standard InChI is InChI=1S/C19H21FO/c1-3-17-18(5-4-6-19(17)20)15-8-7-14-12-16(21-2)10-9-13(14)11-15/h4-6,9-10,12,15H,3,7-8,11H2,1-2H3. The second kappa shape index (κ2) is 5.88. The van der Waals surface area contributed by atoms with Gasteiger partial charge in [0.05, 0.1) is 7.11 Å². The number of rotatable bonds is 3. The topological polar surface area (TPSA) is 9.23 Å². The van der Waals surface area contributed by atoms with Crippen LogP contribution in [0.3, 0.4) is 0 Å². The van der Waals surface area contributed by atoms with Crippen LogP contribution in [0.2, 0.25) is 0 Å². The molecule has 0 aromatic heterocycles. The van der Waals surface area contributed by atoms with E-state index in [4.69, 9.17) is 4.74 Å². The second-order valence-electron chi connectivity index (χ2n) is 5.74. The zero-order valence-corrected chi connectivity index (χ0v) is 12.7. The number of hydrogen-bond donors (Lipinski definition) is 0. The molecule has 1 aliphatic carbocycles. The number of methoxy groups -OCH3 is 1. The summed E-state index contributed by atoms with van der Waals surface area (Å²) in [6.07, 6.45) is 3.87. The van der Waals surface area contributed by atoms with Crippen molar-refractivity contribution in [3.8, 4) is 5.75 Å². The first-order chi connectivity index (χ1) is 10.2. The van der Waals surface area contributed by atoms with Crippen molar-refractivity contribution in [2.45, 2.75) is 38.5 Å². The van der Waals surface area contributed by atoms with Crippen LogP contribution < -0.4 is 4.74 Å². The van der Waals surface area contributed by atoms with Gasteiger partial charge in [-0.2, -0.15) is 0 Å². The van der Waals surface area contributed by atoms with Gasteiger partial charge < -0.3 is 4.74 Å². The van der Waals surface area contributed by atoms with Gasteiger partial charge >= 0.3 is 0 Å². The van der Waals surface area contributed by atoms with E-state index in [0.717, 1.165) is 37.0 Å². The van der Waals surface area contributed by atoms with Crippen molar-refractivity contribution in [2.24, 2.45) is 0 Å². The summed E-state index contributed by atoms with van der Waals surface area (Å²) in [4.78, 5) is 0. The molecule has 1 unspecified atom stereocenters. The van der Waals surface area contributed by atoms with E-state index in [0.29, 0.717) is 5.92 Å². The second-order valence-corrected chi connectivity index (χ2v) is 5.74. The molecule has 0 saturated heterocycles. The van der Waals surface area contributed by atoms with Gasteiger partial charge in [-0.1, -0.05) is 25.1 Å². The van der Waals surface area contributed by atoms with Gasteiger partial charge in [0.15, 0.2) is 0 Å². The highest BCUT2D eigenvalue weighted by Gasteiger charge is 2.23. The van der Waals surface area contributed by atoms with E-state index in [2.05, 4.69) is 18.2 Å². The molecule has 1 atom stereocenters. The minimum absolute atomic E-state index is 0.0597. The number of fused-ring (bicyclic) bond motifs is 1. The molecule has 0 heterocycles. The van der Waals surface area contributed by atoms with E-state index in [1.807, 2.05) is 19.1 Å². The summed E-state index contributed by atoms with van der Waals surface area (Å²) in [5.41, 5.74) is 4.83. The highest BCUT2D eigenvalue weighted by Crippen LogP contribution is 2.36. The van der Waals surface area contributed by atoms with Crippen LogP contribution in [-0.4, -0.2) is 7.11 Å². The lowest BCUT2D eigenvalue weighted by Gasteiger charge is -2.27. The van der Waals surface area contributed by atoms with E-state index >= 15 is 0 Å². The molecule has 110 valence electrons. The van der Waals surface area contributed by atoms with Crippen LogP contribution in [0.4, 0.5) is 4.39 Å². The molecule has 0 spiro atoms. The Labute approximate surface area is 125 Å². The summed E-state index contributed by atoms with van der Waals surface area (Å²) in [5, 5.41) is 0. The molecule has 21 heavy (non-hydrogen) atoms. The minimum atomic E-state index is -0.0597. The fourth-order valence-electron chi connectivity index (χ4n) is 3.45. The van der Waals surface area contributed by atoms with Crippen molar-refractivity contribution in [2.75, 3.05) is 7.11 Å². The zero-order valence-electron chi connectivity index (χ0n) is 12.7. The van der Waals surface area contributed by atoms with E-state index in [1.165, 1.54) is 16.7 Å². The molecule has 2 heteroatoms. The smallest absolute Gasteiger partial charge is 0.126 e. The first-order valence-corrected chi connectivity index (χ1v) is 7.66. The Morgan fingerprint density at radius 1 is 1.19 bits per heavy atom. The SMILES string of the molecule is CCc1c(F)cccc1C1CCc2cc(OC)ccc2C1. The Morgan fingerprint density at radius 3 is 2.81 bits per heavy atom. The van der Waals surface area contributed by atoms with Gasteiger partial charge in [0.2, 0.25) is 0 Å². The molecule has 1 aliphatic rings. The third-order valence-electron chi connectivity index (χ3n) is 4.59. The summed E-state index contributed by atoms with van der Waals surface area (Å²) in [5.74, 6) is 1.29.